The number of aromatic nitrogens is 2. The molecule has 0 aliphatic heterocycles. The molecule has 21 heavy (non-hydrogen) atoms. The fraction of sp³-hybridized carbons (Fsp3) is 0.308. The van der Waals surface area contributed by atoms with Crippen LogP contribution in [0.4, 0.5) is 19.0 Å². The van der Waals surface area contributed by atoms with Crippen molar-refractivity contribution in [3.05, 3.63) is 30.1 Å². The Morgan fingerprint density at radius 1 is 1.14 bits per heavy atom. The summed E-state index contributed by atoms with van der Waals surface area (Å²) in [4.78, 5) is 17.2. The van der Waals surface area contributed by atoms with Crippen LogP contribution in [-0.4, -0.2) is 29.5 Å². The molecule has 2 aromatic rings. The Morgan fingerprint density at radius 3 is 2.62 bits per heavy atom. The van der Waals surface area contributed by atoms with Crippen molar-refractivity contribution >= 4 is 23.1 Å². The number of carbonyl (C=O) groups is 1. The van der Waals surface area contributed by atoms with Gasteiger partial charge < -0.3 is 10.6 Å². The largest absolute Gasteiger partial charge is 0.451 e. The summed E-state index contributed by atoms with van der Waals surface area (Å²) < 4.78 is 38.3. The second-order valence-corrected chi connectivity index (χ2v) is 4.26. The predicted molar refractivity (Wildman–Crippen MR) is 71.7 cm³/mol. The molecule has 1 heterocycles. The van der Waals surface area contributed by atoms with Gasteiger partial charge in [-0.15, -0.1) is 0 Å². The lowest BCUT2D eigenvalue weighted by Gasteiger charge is -2.12. The summed E-state index contributed by atoms with van der Waals surface area (Å²) in [7, 11) is 0. The van der Waals surface area contributed by atoms with E-state index in [1.54, 1.807) is 18.2 Å². The van der Waals surface area contributed by atoms with E-state index >= 15 is 0 Å². The first-order chi connectivity index (χ1) is 10.0. The van der Waals surface area contributed by atoms with Crippen molar-refractivity contribution in [1.82, 2.24) is 15.3 Å². The van der Waals surface area contributed by atoms with Gasteiger partial charge in [-0.3, -0.25) is 4.79 Å². The van der Waals surface area contributed by atoms with Crippen molar-refractivity contribution < 1.29 is 18.0 Å². The molecule has 0 bridgehead atoms. The molecular formula is C13H13F3N4O. The van der Waals surface area contributed by atoms with Crippen LogP contribution in [0.5, 0.6) is 0 Å². The third kappa shape index (κ3) is 3.80. The molecule has 0 aliphatic carbocycles. The van der Waals surface area contributed by atoms with Crippen molar-refractivity contribution in [2.45, 2.75) is 12.6 Å². The van der Waals surface area contributed by atoms with Gasteiger partial charge in [0.25, 0.3) is 0 Å². The third-order valence-corrected chi connectivity index (χ3v) is 2.73. The highest BCUT2D eigenvalue weighted by Crippen LogP contribution is 2.30. The highest BCUT2D eigenvalue weighted by atomic mass is 19.4. The van der Waals surface area contributed by atoms with Gasteiger partial charge in [-0.2, -0.15) is 13.2 Å². The molecule has 112 valence electrons. The zero-order valence-electron chi connectivity index (χ0n) is 10.9. The summed E-state index contributed by atoms with van der Waals surface area (Å²) in [5, 5.41) is 5.85. The monoisotopic (exact) mass is 298 g/mol. The fourth-order valence-corrected chi connectivity index (χ4v) is 1.79. The quantitative estimate of drug-likeness (QED) is 0.634. The summed E-state index contributed by atoms with van der Waals surface area (Å²) in [5.41, 5.74) is 0.230. The molecule has 0 fully saturated rings. The second kappa shape index (κ2) is 6.38. The predicted octanol–water partition coefficient (Wildman–Crippen LogP) is 2.20. The summed E-state index contributed by atoms with van der Waals surface area (Å²) in [6.45, 7) is 0.824. The summed E-state index contributed by atoms with van der Waals surface area (Å²) in [5.74, 6) is -1.03. The Morgan fingerprint density at radius 2 is 1.90 bits per heavy atom. The van der Waals surface area contributed by atoms with Gasteiger partial charge in [0.05, 0.1) is 5.52 Å². The molecule has 8 heteroatoms. The Labute approximate surface area is 118 Å². The van der Waals surface area contributed by atoms with E-state index in [4.69, 9.17) is 0 Å². The number of hydrogen-bond acceptors (Lipinski definition) is 4. The highest BCUT2D eigenvalue weighted by Gasteiger charge is 2.35. The molecule has 1 amide bonds. The Bertz CT molecular complexity index is 630. The van der Waals surface area contributed by atoms with Crippen LogP contribution in [0.2, 0.25) is 0 Å². The number of halogens is 3. The second-order valence-electron chi connectivity index (χ2n) is 4.26. The van der Waals surface area contributed by atoms with Crippen molar-refractivity contribution in [1.29, 1.82) is 0 Å². The molecule has 2 rings (SSSR count). The van der Waals surface area contributed by atoms with Gasteiger partial charge in [-0.1, -0.05) is 12.1 Å². The molecule has 0 spiro atoms. The number of rotatable bonds is 6. The first-order valence-electron chi connectivity index (χ1n) is 6.27. The zero-order valence-corrected chi connectivity index (χ0v) is 10.9. The standard InChI is InChI=1S/C13H13F3N4O/c14-13(15,16)12-19-10-5-2-1-4-9(10)11(20-12)18-7-3-6-17-8-21/h1-2,4-5,8H,3,6-7H2,(H,17,21)(H,18,19,20). The van der Waals surface area contributed by atoms with E-state index in [9.17, 15) is 18.0 Å². The van der Waals surface area contributed by atoms with Crippen molar-refractivity contribution in [3.8, 4) is 0 Å². The van der Waals surface area contributed by atoms with E-state index in [0.29, 0.717) is 31.3 Å². The van der Waals surface area contributed by atoms with Crippen molar-refractivity contribution in [3.63, 3.8) is 0 Å². The van der Waals surface area contributed by atoms with Gasteiger partial charge in [0.2, 0.25) is 12.2 Å². The number of para-hydroxylation sites is 1. The van der Waals surface area contributed by atoms with E-state index in [1.807, 2.05) is 0 Å². The maximum absolute atomic E-state index is 12.8. The summed E-state index contributed by atoms with van der Waals surface area (Å²) in [6.07, 6.45) is -3.46. The number of hydrogen-bond donors (Lipinski definition) is 2. The Hall–Kier alpha value is -2.38. The third-order valence-electron chi connectivity index (χ3n) is 2.73. The lowest BCUT2D eigenvalue weighted by atomic mass is 10.2. The van der Waals surface area contributed by atoms with E-state index < -0.39 is 12.0 Å². The van der Waals surface area contributed by atoms with Crippen molar-refractivity contribution in [2.24, 2.45) is 0 Å². The fourth-order valence-electron chi connectivity index (χ4n) is 1.79. The van der Waals surface area contributed by atoms with E-state index in [0.717, 1.165) is 0 Å². The minimum atomic E-state index is -4.60. The van der Waals surface area contributed by atoms with Crippen LogP contribution in [0.3, 0.4) is 0 Å². The maximum Gasteiger partial charge on any atom is 0.451 e. The number of anilines is 1. The van der Waals surface area contributed by atoms with Gasteiger partial charge in [-0.05, 0) is 18.6 Å². The smallest absolute Gasteiger partial charge is 0.369 e. The summed E-state index contributed by atoms with van der Waals surface area (Å²) in [6, 6.07) is 6.48. The SMILES string of the molecule is O=CNCCCNc1nc(C(F)(F)F)nc2ccccc12. The molecule has 0 aliphatic rings. The first kappa shape index (κ1) is 15.0. The van der Waals surface area contributed by atoms with Crippen LogP contribution < -0.4 is 10.6 Å². The average Bonchev–Trinajstić information content (AvgIpc) is 2.45. The van der Waals surface area contributed by atoms with Gasteiger partial charge in [-0.25, -0.2) is 9.97 Å². The van der Waals surface area contributed by atoms with Crippen LogP contribution in [0.15, 0.2) is 24.3 Å². The van der Waals surface area contributed by atoms with Crippen LogP contribution in [0.1, 0.15) is 12.2 Å². The molecule has 1 aromatic carbocycles. The topological polar surface area (TPSA) is 66.9 Å². The highest BCUT2D eigenvalue weighted by molar-refractivity contribution is 5.89. The molecule has 0 saturated heterocycles. The summed E-state index contributed by atoms with van der Waals surface area (Å²) >= 11 is 0. The van der Waals surface area contributed by atoms with Crippen LogP contribution in [-0.2, 0) is 11.0 Å². The molecule has 1 aromatic heterocycles. The van der Waals surface area contributed by atoms with E-state index in [1.165, 1.54) is 6.07 Å². The van der Waals surface area contributed by atoms with Crippen LogP contribution in [0.25, 0.3) is 10.9 Å². The number of amides is 1. The first-order valence-corrected chi connectivity index (χ1v) is 6.27. The van der Waals surface area contributed by atoms with Crippen molar-refractivity contribution in [2.75, 3.05) is 18.4 Å². The number of nitrogens with one attached hydrogen (secondary N) is 2. The molecule has 0 atom stereocenters. The molecule has 0 saturated carbocycles. The van der Waals surface area contributed by atoms with Crippen LogP contribution >= 0.6 is 0 Å². The van der Waals surface area contributed by atoms with Gasteiger partial charge in [0.15, 0.2) is 0 Å². The van der Waals surface area contributed by atoms with Crippen LogP contribution in [0, 0.1) is 0 Å². The zero-order chi connectivity index (χ0) is 15.3. The molecule has 5 nitrogen and oxygen atoms in total. The number of carbonyl (C=O) groups excluding carboxylic acids is 1. The Kier molecular flexibility index (Phi) is 4.56. The lowest BCUT2D eigenvalue weighted by Crippen LogP contribution is -2.17. The van der Waals surface area contributed by atoms with Gasteiger partial charge in [0.1, 0.15) is 5.82 Å². The number of benzene rings is 1. The minimum Gasteiger partial charge on any atom is -0.369 e. The Balaban J connectivity index is 2.25. The molecular weight excluding hydrogens is 285 g/mol. The number of fused-ring (bicyclic) bond motifs is 1. The molecule has 2 N–H and O–H groups in total. The average molecular weight is 298 g/mol. The molecule has 0 unspecified atom stereocenters. The minimum absolute atomic E-state index is 0.138. The lowest BCUT2D eigenvalue weighted by molar-refractivity contribution is -0.144. The number of alkyl halides is 3. The van der Waals surface area contributed by atoms with Gasteiger partial charge in [0, 0.05) is 18.5 Å². The number of nitrogens with zero attached hydrogens (tertiary/aromatic N) is 2. The molecule has 0 radical (unpaired) electrons. The maximum atomic E-state index is 12.8. The van der Waals surface area contributed by atoms with E-state index in [2.05, 4.69) is 20.6 Å². The van der Waals surface area contributed by atoms with E-state index in [-0.39, 0.29) is 11.3 Å². The van der Waals surface area contributed by atoms with Gasteiger partial charge >= 0.3 is 6.18 Å². The normalized spacial score (nSPS) is 11.4.